The molecular formula is C20H24N4O3. The molecule has 7 nitrogen and oxygen atoms in total. The number of aromatic nitrogens is 2. The van der Waals surface area contributed by atoms with Gasteiger partial charge in [0.05, 0.1) is 4.92 Å². The molecule has 0 aliphatic heterocycles. The quantitative estimate of drug-likeness (QED) is 0.658. The number of nitrogens with one attached hydrogen (secondary N) is 1. The molecule has 4 saturated carbocycles. The van der Waals surface area contributed by atoms with Gasteiger partial charge in [-0.3, -0.25) is 19.3 Å². The maximum Gasteiger partial charge on any atom is 0.376 e. The second-order valence-corrected chi connectivity index (χ2v) is 8.95. The summed E-state index contributed by atoms with van der Waals surface area (Å²) in [5.41, 5.74) is -0.499. The SMILES string of the molecule is CC(Nc1nc2ccccn2c(=O)c1[N+](=O)[O-])C12CC3CC(CC(C3)C1)C2. The van der Waals surface area contributed by atoms with Crippen molar-refractivity contribution < 1.29 is 4.92 Å². The van der Waals surface area contributed by atoms with E-state index in [1.54, 1.807) is 18.2 Å². The van der Waals surface area contributed by atoms with Crippen LogP contribution in [0.2, 0.25) is 0 Å². The zero-order valence-electron chi connectivity index (χ0n) is 15.4. The first-order valence-corrected chi connectivity index (χ1v) is 9.87. The molecule has 0 aromatic carbocycles. The lowest BCUT2D eigenvalue weighted by molar-refractivity contribution is -0.385. The van der Waals surface area contributed by atoms with Crippen molar-refractivity contribution in [2.45, 2.75) is 51.5 Å². The van der Waals surface area contributed by atoms with E-state index in [0.29, 0.717) is 5.65 Å². The molecule has 4 fully saturated rings. The van der Waals surface area contributed by atoms with Crippen LogP contribution in [0.5, 0.6) is 0 Å². The standard InChI is InChI=1S/C20H24N4O3/c1-12(20-9-13-6-14(10-20)8-15(7-13)11-20)21-18-17(24(26)27)19(25)23-5-3-2-4-16(23)22-18/h2-5,12-15,21H,6-11H2,1H3. The van der Waals surface area contributed by atoms with Crippen molar-refractivity contribution in [1.29, 1.82) is 0 Å². The van der Waals surface area contributed by atoms with Crippen molar-refractivity contribution >= 4 is 17.2 Å². The third kappa shape index (κ3) is 2.55. The second-order valence-electron chi connectivity index (χ2n) is 8.95. The monoisotopic (exact) mass is 368 g/mol. The van der Waals surface area contributed by atoms with Crippen LogP contribution >= 0.6 is 0 Å². The van der Waals surface area contributed by atoms with Crippen molar-refractivity contribution in [1.82, 2.24) is 9.38 Å². The van der Waals surface area contributed by atoms with E-state index in [9.17, 15) is 14.9 Å². The number of anilines is 1. The van der Waals surface area contributed by atoms with Crippen molar-refractivity contribution in [3.8, 4) is 0 Å². The van der Waals surface area contributed by atoms with Crippen LogP contribution in [0.1, 0.15) is 45.4 Å². The minimum absolute atomic E-state index is 0.0580. The third-order valence-electron chi connectivity index (χ3n) is 7.25. The van der Waals surface area contributed by atoms with E-state index in [1.165, 1.54) is 49.1 Å². The molecule has 1 unspecified atom stereocenters. The average molecular weight is 368 g/mol. The van der Waals surface area contributed by atoms with E-state index >= 15 is 0 Å². The van der Waals surface area contributed by atoms with Crippen LogP contribution in [0.25, 0.3) is 5.65 Å². The van der Waals surface area contributed by atoms with Gasteiger partial charge in [-0.15, -0.1) is 0 Å². The van der Waals surface area contributed by atoms with Gasteiger partial charge in [-0.25, -0.2) is 4.98 Å². The van der Waals surface area contributed by atoms with E-state index in [-0.39, 0.29) is 17.3 Å². The van der Waals surface area contributed by atoms with Crippen molar-refractivity contribution in [3.63, 3.8) is 0 Å². The summed E-state index contributed by atoms with van der Waals surface area (Å²) in [5.74, 6) is 2.50. The summed E-state index contributed by atoms with van der Waals surface area (Å²) < 4.78 is 1.23. The fraction of sp³-hybridized carbons (Fsp3) is 0.600. The first kappa shape index (κ1) is 16.7. The molecule has 0 amide bonds. The summed E-state index contributed by atoms with van der Waals surface area (Å²) in [6.07, 6.45) is 9.13. The largest absolute Gasteiger partial charge is 0.376 e. The van der Waals surface area contributed by atoms with E-state index < -0.39 is 16.2 Å². The lowest BCUT2D eigenvalue weighted by Crippen LogP contribution is -2.53. The van der Waals surface area contributed by atoms with Crippen LogP contribution < -0.4 is 10.9 Å². The van der Waals surface area contributed by atoms with Gasteiger partial charge in [0.25, 0.3) is 0 Å². The van der Waals surface area contributed by atoms with Gasteiger partial charge in [-0.05, 0) is 80.8 Å². The Morgan fingerprint density at radius 1 is 1.22 bits per heavy atom. The van der Waals surface area contributed by atoms with Crippen LogP contribution in [0.15, 0.2) is 29.2 Å². The zero-order chi connectivity index (χ0) is 18.8. The highest BCUT2D eigenvalue weighted by Gasteiger charge is 2.53. The highest BCUT2D eigenvalue weighted by atomic mass is 16.6. The Labute approximate surface area is 157 Å². The minimum Gasteiger partial charge on any atom is -0.361 e. The maximum absolute atomic E-state index is 12.7. The Hall–Kier alpha value is -2.44. The normalized spacial score (nSPS) is 32.6. The minimum atomic E-state index is -0.634. The second kappa shape index (κ2) is 5.78. The topological polar surface area (TPSA) is 89.5 Å². The van der Waals surface area contributed by atoms with E-state index in [0.717, 1.165) is 17.8 Å². The molecule has 7 heteroatoms. The van der Waals surface area contributed by atoms with Crippen LogP contribution in [-0.2, 0) is 0 Å². The van der Waals surface area contributed by atoms with Crippen molar-refractivity contribution in [3.05, 3.63) is 44.9 Å². The Kier molecular flexibility index (Phi) is 3.58. The van der Waals surface area contributed by atoms with E-state index in [2.05, 4.69) is 17.2 Å². The number of rotatable bonds is 4. The first-order valence-electron chi connectivity index (χ1n) is 9.87. The van der Waals surface area contributed by atoms with Crippen molar-refractivity contribution in [2.75, 3.05) is 5.32 Å². The molecule has 1 atom stereocenters. The molecule has 4 aliphatic rings. The molecule has 1 N–H and O–H groups in total. The highest BCUT2D eigenvalue weighted by molar-refractivity contribution is 5.60. The molecule has 2 aromatic rings. The number of nitrogens with zero attached hydrogens (tertiary/aromatic N) is 3. The highest BCUT2D eigenvalue weighted by Crippen LogP contribution is 2.61. The van der Waals surface area contributed by atoms with Gasteiger partial charge < -0.3 is 5.32 Å². The number of fused-ring (bicyclic) bond motifs is 1. The van der Waals surface area contributed by atoms with Crippen LogP contribution in [0.4, 0.5) is 11.5 Å². The molecule has 4 aliphatic carbocycles. The molecule has 27 heavy (non-hydrogen) atoms. The molecule has 0 radical (unpaired) electrons. The first-order chi connectivity index (χ1) is 12.9. The van der Waals surface area contributed by atoms with Gasteiger partial charge in [-0.2, -0.15) is 0 Å². The van der Waals surface area contributed by atoms with Crippen molar-refractivity contribution in [2.24, 2.45) is 23.2 Å². The van der Waals surface area contributed by atoms with E-state index in [4.69, 9.17) is 0 Å². The van der Waals surface area contributed by atoms with Gasteiger partial charge in [0, 0.05) is 12.2 Å². The van der Waals surface area contributed by atoms with Crippen LogP contribution in [0, 0.1) is 33.3 Å². The molecular weight excluding hydrogens is 344 g/mol. The van der Waals surface area contributed by atoms with Gasteiger partial charge in [0.15, 0.2) is 0 Å². The number of hydrogen-bond acceptors (Lipinski definition) is 5. The predicted octanol–water partition coefficient (Wildman–Crippen LogP) is 3.62. The summed E-state index contributed by atoms with van der Waals surface area (Å²) in [6.45, 7) is 2.12. The van der Waals surface area contributed by atoms with Gasteiger partial charge in [-0.1, -0.05) is 6.07 Å². The van der Waals surface area contributed by atoms with Crippen LogP contribution in [0.3, 0.4) is 0 Å². The number of pyridine rings is 1. The molecule has 6 rings (SSSR count). The Balaban J connectivity index is 1.54. The Morgan fingerprint density at radius 3 is 2.44 bits per heavy atom. The van der Waals surface area contributed by atoms with Gasteiger partial charge in [0.2, 0.25) is 5.82 Å². The summed E-state index contributed by atoms with van der Waals surface area (Å²) in [4.78, 5) is 28.1. The summed E-state index contributed by atoms with van der Waals surface area (Å²) in [6, 6.07) is 5.21. The fourth-order valence-electron chi connectivity index (χ4n) is 6.41. The molecule has 2 heterocycles. The predicted molar refractivity (Wildman–Crippen MR) is 102 cm³/mol. The molecule has 4 bridgehead atoms. The number of hydrogen-bond donors (Lipinski definition) is 1. The molecule has 0 saturated heterocycles. The fourth-order valence-corrected chi connectivity index (χ4v) is 6.41. The van der Waals surface area contributed by atoms with Crippen LogP contribution in [-0.4, -0.2) is 20.3 Å². The molecule has 142 valence electrons. The third-order valence-corrected chi connectivity index (χ3v) is 7.25. The molecule has 2 aromatic heterocycles. The smallest absolute Gasteiger partial charge is 0.361 e. The summed E-state index contributed by atoms with van der Waals surface area (Å²) in [7, 11) is 0. The lowest BCUT2D eigenvalue weighted by atomic mass is 9.48. The zero-order valence-corrected chi connectivity index (χ0v) is 15.4. The maximum atomic E-state index is 12.7. The summed E-state index contributed by atoms with van der Waals surface area (Å²) in [5, 5.41) is 14.9. The average Bonchev–Trinajstić information content (AvgIpc) is 2.60. The Bertz CT molecular complexity index is 948. The van der Waals surface area contributed by atoms with Gasteiger partial charge >= 0.3 is 11.2 Å². The Morgan fingerprint density at radius 2 is 1.85 bits per heavy atom. The lowest BCUT2D eigenvalue weighted by Gasteiger charge is -2.59. The number of nitro groups is 1. The summed E-state index contributed by atoms with van der Waals surface area (Å²) >= 11 is 0. The van der Waals surface area contributed by atoms with Gasteiger partial charge in [0.1, 0.15) is 5.65 Å². The molecule has 0 spiro atoms. The van der Waals surface area contributed by atoms with E-state index in [1.807, 2.05) is 0 Å².